The van der Waals surface area contributed by atoms with Gasteiger partial charge in [0, 0.05) is 6.54 Å². The highest BCUT2D eigenvalue weighted by Gasteiger charge is 2.18. The third kappa shape index (κ3) is 9.09. The lowest BCUT2D eigenvalue weighted by atomic mass is 10.0. The van der Waals surface area contributed by atoms with Crippen molar-refractivity contribution in [2.75, 3.05) is 13.2 Å². The van der Waals surface area contributed by atoms with Crippen molar-refractivity contribution in [3.63, 3.8) is 0 Å². The summed E-state index contributed by atoms with van der Waals surface area (Å²) < 4.78 is 5.18. The number of amides is 1. The quantitative estimate of drug-likeness (QED) is 0.295. The Bertz CT molecular complexity index is 800. The zero-order chi connectivity index (χ0) is 22.3. The molecular formula is C26H37NO4. The molecule has 0 aliphatic heterocycles. The molecule has 2 rings (SSSR count). The average molecular weight is 428 g/mol. The molecule has 31 heavy (non-hydrogen) atoms. The van der Waals surface area contributed by atoms with Crippen molar-refractivity contribution in [3.8, 4) is 0 Å². The van der Waals surface area contributed by atoms with Gasteiger partial charge in [-0.3, -0.25) is 4.79 Å². The molecule has 0 saturated heterocycles. The van der Waals surface area contributed by atoms with Gasteiger partial charge in [-0.1, -0.05) is 101 Å². The molecule has 5 heteroatoms. The predicted molar refractivity (Wildman–Crippen MR) is 125 cm³/mol. The van der Waals surface area contributed by atoms with Gasteiger partial charge in [-0.25, -0.2) is 4.79 Å². The summed E-state index contributed by atoms with van der Waals surface area (Å²) in [4.78, 5) is 24.4. The number of nitrogens with one attached hydrogen (secondary N) is 1. The van der Waals surface area contributed by atoms with Crippen molar-refractivity contribution in [2.24, 2.45) is 0 Å². The minimum Gasteiger partial charge on any atom is -0.459 e. The minimum absolute atomic E-state index is 0.355. The largest absolute Gasteiger partial charge is 0.459 e. The van der Waals surface area contributed by atoms with E-state index in [9.17, 15) is 14.7 Å². The predicted octanol–water partition coefficient (Wildman–Crippen LogP) is 5.39. The summed E-state index contributed by atoms with van der Waals surface area (Å²) in [6.45, 7) is 2.41. The highest BCUT2D eigenvalue weighted by atomic mass is 16.5. The van der Waals surface area contributed by atoms with Crippen LogP contribution < -0.4 is 5.32 Å². The second-order valence-electron chi connectivity index (χ2n) is 8.11. The lowest BCUT2D eigenvalue weighted by Crippen LogP contribution is -2.38. The number of benzene rings is 2. The van der Waals surface area contributed by atoms with Crippen molar-refractivity contribution in [3.05, 3.63) is 48.0 Å². The first-order chi connectivity index (χ1) is 15.1. The number of unbranched alkanes of at least 4 members (excludes halogenated alkanes) is 9. The topological polar surface area (TPSA) is 75.6 Å². The number of rotatable bonds is 15. The lowest BCUT2D eigenvalue weighted by Gasteiger charge is -2.13. The van der Waals surface area contributed by atoms with Crippen molar-refractivity contribution < 1.29 is 19.4 Å². The summed E-state index contributed by atoms with van der Waals surface area (Å²) in [5, 5.41) is 14.4. The summed E-state index contributed by atoms with van der Waals surface area (Å²) in [6.07, 6.45) is 10.9. The Kier molecular flexibility index (Phi) is 11.7. The molecule has 1 unspecified atom stereocenters. The van der Waals surface area contributed by atoms with Gasteiger partial charge in [-0.15, -0.1) is 0 Å². The van der Waals surface area contributed by atoms with Crippen LogP contribution in [0.2, 0.25) is 0 Å². The highest BCUT2D eigenvalue weighted by molar-refractivity contribution is 6.04. The first kappa shape index (κ1) is 24.9. The summed E-state index contributed by atoms with van der Waals surface area (Å²) in [5.74, 6) is -1.04. The number of aliphatic hydroxyl groups is 1. The molecule has 170 valence electrons. The molecule has 0 radical (unpaired) electrons. The second kappa shape index (κ2) is 14.6. The molecule has 5 nitrogen and oxygen atoms in total. The van der Waals surface area contributed by atoms with Gasteiger partial charge >= 0.3 is 5.97 Å². The van der Waals surface area contributed by atoms with Gasteiger partial charge < -0.3 is 15.2 Å². The van der Waals surface area contributed by atoms with E-state index in [-0.39, 0.29) is 6.61 Å². The third-order valence-electron chi connectivity index (χ3n) is 5.51. The number of carbonyl (C=O) groups is 2. The van der Waals surface area contributed by atoms with E-state index >= 15 is 0 Å². The monoisotopic (exact) mass is 427 g/mol. The number of hydrogen-bond donors (Lipinski definition) is 2. The fourth-order valence-corrected chi connectivity index (χ4v) is 3.65. The minimum atomic E-state index is -1.36. The molecule has 1 atom stereocenters. The standard InChI is InChI=1S/C26H37NO4/c1-2-3-4-5-6-7-8-9-10-13-19-27-25(29)24(28)20-31-26(30)23-18-14-16-21-15-11-12-17-22(21)23/h11-12,14-18,24,28H,2-10,13,19-20H2,1H3,(H,27,29). The number of esters is 1. The molecule has 0 saturated carbocycles. The van der Waals surface area contributed by atoms with E-state index in [1.165, 1.54) is 51.4 Å². The fourth-order valence-electron chi connectivity index (χ4n) is 3.65. The van der Waals surface area contributed by atoms with Crippen LogP contribution in [0.5, 0.6) is 0 Å². The van der Waals surface area contributed by atoms with Crippen molar-refractivity contribution >= 4 is 22.6 Å². The molecule has 0 spiro atoms. The van der Waals surface area contributed by atoms with E-state index in [1.807, 2.05) is 30.3 Å². The van der Waals surface area contributed by atoms with Crippen LogP contribution in [0.25, 0.3) is 10.8 Å². The molecule has 1 amide bonds. The van der Waals surface area contributed by atoms with E-state index in [1.54, 1.807) is 12.1 Å². The van der Waals surface area contributed by atoms with Crippen LogP contribution in [0.3, 0.4) is 0 Å². The van der Waals surface area contributed by atoms with Crippen LogP contribution in [0, 0.1) is 0 Å². The summed E-state index contributed by atoms with van der Waals surface area (Å²) in [6, 6.07) is 12.9. The van der Waals surface area contributed by atoms with Gasteiger partial charge in [-0.2, -0.15) is 0 Å². The first-order valence-electron chi connectivity index (χ1n) is 11.7. The molecule has 2 aromatic carbocycles. The number of fused-ring (bicyclic) bond motifs is 1. The van der Waals surface area contributed by atoms with Crippen molar-refractivity contribution in [1.82, 2.24) is 5.32 Å². The molecule has 0 aliphatic carbocycles. The summed E-state index contributed by atoms with van der Waals surface area (Å²) >= 11 is 0. The number of aliphatic hydroxyl groups excluding tert-OH is 1. The first-order valence-corrected chi connectivity index (χ1v) is 11.7. The van der Waals surface area contributed by atoms with Crippen LogP contribution in [0.4, 0.5) is 0 Å². The van der Waals surface area contributed by atoms with Gasteiger partial charge in [0.25, 0.3) is 5.91 Å². The van der Waals surface area contributed by atoms with Gasteiger partial charge in [0.1, 0.15) is 6.61 Å². The normalized spacial score (nSPS) is 11.9. The lowest BCUT2D eigenvalue weighted by molar-refractivity contribution is -0.131. The fraction of sp³-hybridized carbons (Fsp3) is 0.538. The van der Waals surface area contributed by atoms with Gasteiger partial charge in [0.05, 0.1) is 5.56 Å². The molecule has 2 N–H and O–H groups in total. The maximum Gasteiger partial charge on any atom is 0.338 e. The Labute approximate surface area is 186 Å². The maximum absolute atomic E-state index is 12.4. The Morgan fingerprint density at radius 1 is 0.871 bits per heavy atom. The molecular weight excluding hydrogens is 390 g/mol. The highest BCUT2D eigenvalue weighted by Crippen LogP contribution is 2.19. The molecule has 0 bridgehead atoms. The number of hydrogen-bond acceptors (Lipinski definition) is 4. The number of carbonyl (C=O) groups excluding carboxylic acids is 2. The Morgan fingerprint density at radius 3 is 2.19 bits per heavy atom. The van der Waals surface area contributed by atoms with E-state index in [0.717, 1.165) is 23.6 Å². The number of ether oxygens (including phenoxy) is 1. The zero-order valence-corrected chi connectivity index (χ0v) is 18.8. The summed E-state index contributed by atoms with van der Waals surface area (Å²) in [7, 11) is 0. The third-order valence-corrected chi connectivity index (χ3v) is 5.51. The molecule has 2 aromatic rings. The van der Waals surface area contributed by atoms with Gasteiger partial charge in [0.2, 0.25) is 0 Å². The molecule has 0 heterocycles. The van der Waals surface area contributed by atoms with Crippen molar-refractivity contribution in [1.29, 1.82) is 0 Å². The van der Waals surface area contributed by atoms with E-state index < -0.39 is 18.0 Å². The zero-order valence-electron chi connectivity index (χ0n) is 18.8. The van der Waals surface area contributed by atoms with Crippen LogP contribution in [-0.2, 0) is 9.53 Å². The Hall–Kier alpha value is -2.40. The molecule has 0 aromatic heterocycles. The van der Waals surface area contributed by atoms with Crippen LogP contribution in [-0.4, -0.2) is 36.2 Å². The van der Waals surface area contributed by atoms with E-state index in [0.29, 0.717) is 12.1 Å². The maximum atomic E-state index is 12.4. The summed E-state index contributed by atoms with van der Waals surface area (Å²) in [5.41, 5.74) is 0.427. The van der Waals surface area contributed by atoms with Gasteiger partial charge in [-0.05, 0) is 23.3 Å². The van der Waals surface area contributed by atoms with E-state index in [4.69, 9.17) is 4.74 Å². The SMILES string of the molecule is CCCCCCCCCCCCNC(=O)C(O)COC(=O)c1cccc2ccccc12. The van der Waals surface area contributed by atoms with Crippen LogP contribution >= 0.6 is 0 Å². The Morgan fingerprint density at radius 2 is 1.48 bits per heavy atom. The second-order valence-corrected chi connectivity index (χ2v) is 8.11. The Balaban J connectivity index is 1.57. The average Bonchev–Trinajstić information content (AvgIpc) is 2.80. The smallest absolute Gasteiger partial charge is 0.338 e. The van der Waals surface area contributed by atoms with Crippen LogP contribution in [0.15, 0.2) is 42.5 Å². The van der Waals surface area contributed by atoms with E-state index in [2.05, 4.69) is 12.2 Å². The van der Waals surface area contributed by atoms with Gasteiger partial charge in [0.15, 0.2) is 6.10 Å². The van der Waals surface area contributed by atoms with Crippen molar-refractivity contribution in [2.45, 2.75) is 77.2 Å². The molecule has 0 aliphatic rings. The molecule has 0 fully saturated rings. The van der Waals surface area contributed by atoms with Crippen LogP contribution in [0.1, 0.15) is 81.5 Å².